The van der Waals surface area contributed by atoms with Crippen LogP contribution in [0.15, 0.2) is 0 Å². The number of rotatable bonds is 0. The highest BCUT2D eigenvalue weighted by Gasteiger charge is 2.62. The summed E-state index contributed by atoms with van der Waals surface area (Å²) in [5.41, 5.74) is 1.28. The second kappa shape index (κ2) is 7.23. The van der Waals surface area contributed by atoms with Crippen molar-refractivity contribution in [3.63, 3.8) is 0 Å². The third-order valence-corrected chi connectivity index (χ3v) is 12.1. The van der Waals surface area contributed by atoms with E-state index in [-0.39, 0.29) is 6.10 Å². The molecule has 0 bridgehead atoms. The van der Waals surface area contributed by atoms with Gasteiger partial charge in [0, 0.05) is 0 Å². The van der Waals surface area contributed by atoms with Crippen molar-refractivity contribution in [2.24, 2.45) is 75.4 Å². The Hall–Kier alpha value is -0.0400. The minimum absolute atomic E-state index is 0.0724. The molecule has 5 fully saturated rings. The highest BCUT2D eigenvalue weighted by molar-refractivity contribution is 5.11. The molecule has 11 atom stereocenters. The molecule has 0 radical (unpaired) electrons. The van der Waals surface area contributed by atoms with Gasteiger partial charge in [-0.1, -0.05) is 55.4 Å². The number of hydrogen-bond acceptors (Lipinski definition) is 1. The van der Waals surface area contributed by atoms with Crippen LogP contribution in [-0.2, 0) is 0 Å². The monoisotopic (exact) mass is 428 g/mol. The van der Waals surface area contributed by atoms with E-state index >= 15 is 0 Å². The first-order chi connectivity index (χ1) is 14.3. The zero-order chi connectivity index (χ0) is 22.5. The molecule has 5 rings (SSSR count). The van der Waals surface area contributed by atoms with Crippen LogP contribution in [0.3, 0.4) is 0 Å². The minimum Gasteiger partial charge on any atom is -0.393 e. The molecule has 0 spiro atoms. The second-order valence-corrected chi connectivity index (χ2v) is 15.6. The van der Waals surface area contributed by atoms with Gasteiger partial charge in [-0.15, -0.1) is 0 Å². The first-order valence-corrected chi connectivity index (χ1v) is 14.0. The highest BCUT2D eigenvalue weighted by atomic mass is 16.3. The Bertz CT molecular complexity index is 689. The summed E-state index contributed by atoms with van der Waals surface area (Å²) in [6.07, 6.45) is 10.8. The minimum atomic E-state index is -0.0724. The van der Waals surface area contributed by atoms with E-state index in [1.807, 2.05) is 0 Å². The first kappa shape index (κ1) is 22.7. The zero-order valence-electron chi connectivity index (χ0n) is 22.0. The highest BCUT2D eigenvalue weighted by Crippen LogP contribution is 2.69. The quantitative estimate of drug-likeness (QED) is 0.417. The Balaban J connectivity index is 1.52. The van der Waals surface area contributed by atoms with Crippen LogP contribution in [0.1, 0.15) is 107 Å². The molecule has 1 N–H and O–H groups in total. The molecule has 5 aliphatic carbocycles. The van der Waals surface area contributed by atoms with Crippen molar-refractivity contribution < 1.29 is 5.11 Å². The van der Waals surface area contributed by atoms with Crippen molar-refractivity contribution in [3.05, 3.63) is 0 Å². The summed E-state index contributed by atoms with van der Waals surface area (Å²) in [6, 6.07) is 0. The lowest BCUT2D eigenvalue weighted by molar-refractivity contribution is -0.195. The van der Waals surface area contributed by atoms with E-state index in [0.29, 0.717) is 16.2 Å². The van der Waals surface area contributed by atoms with Crippen molar-refractivity contribution in [1.82, 2.24) is 0 Å². The predicted molar refractivity (Wildman–Crippen MR) is 131 cm³/mol. The fourth-order valence-electron chi connectivity index (χ4n) is 11.2. The largest absolute Gasteiger partial charge is 0.393 e. The molecule has 0 aromatic heterocycles. The lowest BCUT2D eigenvalue weighted by atomic mass is 9.38. The molecule has 0 aromatic rings. The van der Waals surface area contributed by atoms with Gasteiger partial charge in [0.05, 0.1) is 6.10 Å². The zero-order valence-corrected chi connectivity index (χ0v) is 22.0. The van der Waals surface area contributed by atoms with Crippen LogP contribution < -0.4 is 0 Å². The number of fused-ring (bicyclic) bond motifs is 7. The van der Waals surface area contributed by atoms with Gasteiger partial charge in [0.25, 0.3) is 0 Å². The van der Waals surface area contributed by atoms with Gasteiger partial charge in [-0.2, -0.15) is 0 Å². The SMILES string of the molecule is C[C@@H]1CC2C(C[C@H](C)C3C4CC(O)CC(C)(C)C4CC(C)(C)C23)C2CC(C)(C)CCC21. The van der Waals surface area contributed by atoms with Crippen LogP contribution in [0.5, 0.6) is 0 Å². The topological polar surface area (TPSA) is 20.2 Å². The van der Waals surface area contributed by atoms with Crippen LogP contribution in [-0.4, -0.2) is 11.2 Å². The van der Waals surface area contributed by atoms with Gasteiger partial charge in [-0.05, 0) is 127 Å². The molecule has 9 unspecified atom stereocenters. The Morgan fingerprint density at radius 2 is 1.32 bits per heavy atom. The molecular weight excluding hydrogens is 376 g/mol. The van der Waals surface area contributed by atoms with Crippen molar-refractivity contribution in [2.45, 2.75) is 113 Å². The van der Waals surface area contributed by atoms with Crippen LogP contribution in [0.4, 0.5) is 0 Å². The third-order valence-electron chi connectivity index (χ3n) is 12.1. The lowest BCUT2D eigenvalue weighted by Gasteiger charge is -2.67. The molecule has 0 amide bonds. The third kappa shape index (κ3) is 3.57. The van der Waals surface area contributed by atoms with Gasteiger partial charge in [0.1, 0.15) is 0 Å². The van der Waals surface area contributed by atoms with Crippen LogP contribution in [0.2, 0.25) is 0 Å². The maximum atomic E-state index is 10.9. The summed E-state index contributed by atoms with van der Waals surface area (Å²) in [5, 5.41) is 10.9. The normalized spacial score (nSPS) is 54.7. The second-order valence-electron chi connectivity index (χ2n) is 15.6. The summed E-state index contributed by atoms with van der Waals surface area (Å²) in [5.74, 6) is 8.88. The maximum Gasteiger partial charge on any atom is 0.0548 e. The van der Waals surface area contributed by atoms with Gasteiger partial charge in [0.15, 0.2) is 0 Å². The van der Waals surface area contributed by atoms with E-state index in [1.165, 1.54) is 38.5 Å². The molecule has 1 nitrogen and oxygen atoms in total. The molecule has 0 aliphatic heterocycles. The number of aliphatic hydroxyl groups is 1. The van der Waals surface area contributed by atoms with Gasteiger partial charge in [-0.25, -0.2) is 0 Å². The molecule has 0 saturated heterocycles. The Morgan fingerprint density at radius 3 is 2.03 bits per heavy atom. The summed E-state index contributed by atoms with van der Waals surface area (Å²) in [6.45, 7) is 20.6. The van der Waals surface area contributed by atoms with E-state index in [9.17, 15) is 5.11 Å². The summed E-state index contributed by atoms with van der Waals surface area (Å²) >= 11 is 0. The smallest absolute Gasteiger partial charge is 0.0548 e. The summed E-state index contributed by atoms with van der Waals surface area (Å²) < 4.78 is 0. The standard InChI is InChI=1S/C30H52O/c1-17-11-22-21(24-15-28(3,4)10-9-20(17)24)12-18(2)26-23-13-19(31)14-29(5,6)25(23)16-30(7,8)27(22)26/h17-27,31H,9-16H2,1-8H3/t17-,18+,19?,20?,21?,22?,23?,24?,25?,26?,27?/m1/s1. The molecular formula is C30H52O. The van der Waals surface area contributed by atoms with Crippen LogP contribution in [0.25, 0.3) is 0 Å². The molecule has 0 aromatic carbocycles. The van der Waals surface area contributed by atoms with Gasteiger partial charge in [0.2, 0.25) is 0 Å². The molecule has 0 heterocycles. The van der Waals surface area contributed by atoms with Gasteiger partial charge >= 0.3 is 0 Å². The molecule has 178 valence electrons. The fraction of sp³-hybridized carbons (Fsp3) is 1.00. The first-order valence-electron chi connectivity index (χ1n) is 14.0. The van der Waals surface area contributed by atoms with Crippen molar-refractivity contribution in [3.8, 4) is 0 Å². The molecule has 31 heavy (non-hydrogen) atoms. The van der Waals surface area contributed by atoms with E-state index in [0.717, 1.165) is 72.0 Å². The van der Waals surface area contributed by atoms with Gasteiger partial charge in [-0.3, -0.25) is 0 Å². The fourth-order valence-corrected chi connectivity index (χ4v) is 11.2. The Labute approximate surface area is 193 Å². The van der Waals surface area contributed by atoms with E-state index in [2.05, 4.69) is 55.4 Å². The molecule has 5 aliphatic rings. The van der Waals surface area contributed by atoms with Gasteiger partial charge < -0.3 is 5.11 Å². The maximum absolute atomic E-state index is 10.9. The predicted octanol–water partition coefficient (Wildman–Crippen LogP) is 7.82. The van der Waals surface area contributed by atoms with Crippen LogP contribution >= 0.6 is 0 Å². The molecule has 5 saturated carbocycles. The number of hydrogen-bond donors (Lipinski definition) is 1. The summed E-state index contributed by atoms with van der Waals surface area (Å²) in [7, 11) is 0. The average Bonchev–Trinajstić information content (AvgIpc) is 2.62. The van der Waals surface area contributed by atoms with E-state index in [1.54, 1.807) is 0 Å². The molecule has 1 heteroatoms. The van der Waals surface area contributed by atoms with E-state index < -0.39 is 0 Å². The van der Waals surface area contributed by atoms with Crippen LogP contribution in [0, 0.1) is 75.4 Å². The Kier molecular flexibility index (Phi) is 5.30. The number of aliphatic hydroxyl groups excluding tert-OH is 1. The Morgan fingerprint density at radius 1 is 0.645 bits per heavy atom. The van der Waals surface area contributed by atoms with Crippen molar-refractivity contribution >= 4 is 0 Å². The van der Waals surface area contributed by atoms with Crippen molar-refractivity contribution in [2.75, 3.05) is 0 Å². The van der Waals surface area contributed by atoms with E-state index in [4.69, 9.17) is 0 Å². The summed E-state index contributed by atoms with van der Waals surface area (Å²) in [4.78, 5) is 0. The van der Waals surface area contributed by atoms with Crippen molar-refractivity contribution in [1.29, 1.82) is 0 Å². The average molecular weight is 429 g/mol. The lowest BCUT2D eigenvalue weighted by Crippen LogP contribution is -2.61.